The molecule has 0 bridgehead atoms. The van der Waals surface area contributed by atoms with E-state index in [9.17, 15) is 4.79 Å². The van der Waals surface area contributed by atoms with Gasteiger partial charge in [0.05, 0.1) is 11.7 Å². The van der Waals surface area contributed by atoms with Crippen molar-refractivity contribution in [1.29, 1.82) is 0 Å². The highest BCUT2D eigenvalue weighted by molar-refractivity contribution is 5.91. The van der Waals surface area contributed by atoms with E-state index in [1.807, 2.05) is 6.08 Å². The van der Waals surface area contributed by atoms with Crippen LogP contribution in [0, 0.1) is 35.0 Å². The number of fused-ring (bicyclic) bond motifs is 6. The molecule has 6 rings (SSSR count). The van der Waals surface area contributed by atoms with Gasteiger partial charge in [-0.2, -0.15) is 0 Å². The van der Waals surface area contributed by atoms with E-state index in [0.29, 0.717) is 23.8 Å². The lowest BCUT2D eigenvalue weighted by Gasteiger charge is -2.48. The average Bonchev–Trinajstić information content (AvgIpc) is 3.19. The molecular weight excluding hydrogens is 382 g/mol. The molecule has 1 unspecified atom stereocenters. The molecule has 3 nitrogen and oxygen atoms in total. The minimum absolute atomic E-state index is 0.0458. The predicted molar refractivity (Wildman–Crippen MR) is 124 cm³/mol. The fourth-order valence-electron chi connectivity index (χ4n) is 9.13. The maximum absolute atomic E-state index is 12.1. The molecule has 1 N–H and O–H groups in total. The largest absolute Gasteiger partial charge is 0.369 e. The SMILES string of the molecule is CC1=C2C[C@H]3[C@@H](CCC4=CC(=O)CC[C@@]43C)[C@@H]2CCC2(C1)O[C@@H]1C[C@H](C)CN[C@H]1[C@H]2C. The summed E-state index contributed by atoms with van der Waals surface area (Å²) in [6, 6.07) is 0.542. The summed E-state index contributed by atoms with van der Waals surface area (Å²) in [5.41, 5.74) is 5.23. The lowest BCUT2D eigenvalue weighted by Crippen LogP contribution is -2.48. The number of nitrogens with one attached hydrogen (secondary N) is 1. The van der Waals surface area contributed by atoms with Crippen molar-refractivity contribution < 1.29 is 9.53 Å². The molecule has 0 radical (unpaired) electrons. The van der Waals surface area contributed by atoms with Crippen molar-refractivity contribution in [3.63, 3.8) is 0 Å². The fourth-order valence-corrected chi connectivity index (χ4v) is 9.13. The van der Waals surface area contributed by atoms with Crippen LogP contribution in [0.4, 0.5) is 0 Å². The smallest absolute Gasteiger partial charge is 0.155 e. The zero-order valence-corrected chi connectivity index (χ0v) is 20.0. The third kappa shape index (κ3) is 2.94. The zero-order chi connectivity index (χ0) is 21.5. The number of hydrogen-bond acceptors (Lipinski definition) is 3. The Bertz CT molecular complexity index is 857. The number of hydrogen-bond donors (Lipinski definition) is 1. The molecular formula is C28H41NO2. The summed E-state index contributed by atoms with van der Waals surface area (Å²) in [5.74, 6) is 4.00. The molecule has 4 fully saturated rings. The van der Waals surface area contributed by atoms with Crippen LogP contribution in [-0.4, -0.2) is 30.1 Å². The summed E-state index contributed by atoms with van der Waals surface area (Å²) in [6.07, 6.45) is 12.9. The minimum atomic E-state index is 0.0458. The van der Waals surface area contributed by atoms with Gasteiger partial charge in [-0.3, -0.25) is 4.79 Å². The molecule has 2 heterocycles. The van der Waals surface area contributed by atoms with Crippen LogP contribution < -0.4 is 5.32 Å². The maximum atomic E-state index is 12.1. The Balaban J connectivity index is 1.30. The normalized spacial score (nSPS) is 51.7. The highest BCUT2D eigenvalue weighted by atomic mass is 16.5. The first kappa shape index (κ1) is 20.7. The Morgan fingerprint density at radius 1 is 1.16 bits per heavy atom. The van der Waals surface area contributed by atoms with Crippen LogP contribution in [0.25, 0.3) is 0 Å². The van der Waals surface area contributed by atoms with Crippen LogP contribution in [0.1, 0.15) is 85.5 Å². The van der Waals surface area contributed by atoms with E-state index in [4.69, 9.17) is 4.74 Å². The van der Waals surface area contributed by atoms with Crippen molar-refractivity contribution in [2.45, 2.75) is 103 Å². The van der Waals surface area contributed by atoms with E-state index in [1.165, 1.54) is 37.7 Å². The molecule has 0 aromatic carbocycles. The molecule has 0 aromatic rings. The highest BCUT2D eigenvalue weighted by Gasteiger charge is 2.58. The summed E-state index contributed by atoms with van der Waals surface area (Å²) < 4.78 is 7.00. The van der Waals surface area contributed by atoms with Crippen molar-refractivity contribution in [2.75, 3.05) is 6.54 Å². The van der Waals surface area contributed by atoms with E-state index in [2.05, 4.69) is 33.0 Å². The molecule has 2 saturated heterocycles. The third-order valence-electron chi connectivity index (χ3n) is 10.9. The quantitative estimate of drug-likeness (QED) is 0.515. The van der Waals surface area contributed by atoms with Gasteiger partial charge in [-0.25, -0.2) is 0 Å². The van der Waals surface area contributed by atoms with E-state index < -0.39 is 0 Å². The van der Waals surface area contributed by atoms with Gasteiger partial charge >= 0.3 is 0 Å². The van der Waals surface area contributed by atoms with Gasteiger partial charge in [0.15, 0.2) is 5.78 Å². The molecule has 9 atom stereocenters. The second-order valence-electron chi connectivity index (χ2n) is 12.5. The minimum Gasteiger partial charge on any atom is -0.369 e. The molecule has 2 saturated carbocycles. The van der Waals surface area contributed by atoms with Crippen LogP contribution in [0.3, 0.4) is 0 Å². The second-order valence-corrected chi connectivity index (χ2v) is 12.5. The number of allylic oxidation sites excluding steroid dienone is 3. The van der Waals surface area contributed by atoms with E-state index in [0.717, 1.165) is 55.9 Å². The molecule has 1 spiro atoms. The van der Waals surface area contributed by atoms with Crippen LogP contribution in [-0.2, 0) is 9.53 Å². The Hall–Kier alpha value is -0.930. The van der Waals surface area contributed by atoms with Gasteiger partial charge < -0.3 is 10.1 Å². The molecule has 0 amide bonds. The second kappa shape index (κ2) is 7.03. The number of piperidine rings is 1. The summed E-state index contributed by atoms with van der Waals surface area (Å²) in [6.45, 7) is 10.9. The molecule has 31 heavy (non-hydrogen) atoms. The van der Waals surface area contributed by atoms with Crippen molar-refractivity contribution in [3.05, 3.63) is 22.8 Å². The Morgan fingerprint density at radius 3 is 2.84 bits per heavy atom. The highest BCUT2D eigenvalue weighted by Crippen LogP contribution is 2.64. The summed E-state index contributed by atoms with van der Waals surface area (Å²) >= 11 is 0. The van der Waals surface area contributed by atoms with Crippen molar-refractivity contribution >= 4 is 5.78 Å². The fraction of sp³-hybridized carbons (Fsp3) is 0.821. The van der Waals surface area contributed by atoms with Gasteiger partial charge in [0.2, 0.25) is 0 Å². The number of carbonyl (C=O) groups excluding carboxylic acids is 1. The molecule has 4 aliphatic carbocycles. The van der Waals surface area contributed by atoms with Crippen LogP contribution >= 0.6 is 0 Å². The standard InChI is InChI=1S/C28H41NO2/c1-16-11-25-26(29-15-16)18(3)28(31-25)10-8-21-22-6-5-19-12-20(30)7-9-27(19,4)24(22)13-23(21)17(2)14-28/h12,16,18,21-22,24-26,29H,5-11,13-15H2,1-4H3/t16-,18+,21-,22-,24-,25+,26-,27-,28?/m0/s1. The maximum Gasteiger partial charge on any atom is 0.155 e. The average molecular weight is 424 g/mol. The number of rotatable bonds is 0. The van der Waals surface area contributed by atoms with Gasteiger partial charge in [-0.15, -0.1) is 0 Å². The number of ether oxygens (including phenoxy) is 1. The molecule has 3 heteroatoms. The first-order chi connectivity index (χ1) is 14.8. The first-order valence-electron chi connectivity index (χ1n) is 13.1. The molecule has 0 aromatic heterocycles. The summed E-state index contributed by atoms with van der Waals surface area (Å²) in [7, 11) is 0. The summed E-state index contributed by atoms with van der Waals surface area (Å²) in [5, 5.41) is 3.85. The van der Waals surface area contributed by atoms with Crippen LogP contribution in [0.5, 0.6) is 0 Å². The lowest BCUT2D eigenvalue weighted by atomic mass is 9.56. The van der Waals surface area contributed by atoms with E-state index >= 15 is 0 Å². The van der Waals surface area contributed by atoms with Gasteiger partial charge in [0.25, 0.3) is 0 Å². The van der Waals surface area contributed by atoms with Gasteiger partial charge in [0, 0.05) is 18.4 Å². The first-order valence-corrected chi connectivity index (χ1v) is 13.1. The third-order valence-corrected chi connectivity index (χ3v) is 10.9. The molecule has 170 valence electrons. The predicted octanol–water partition coefficient (Wildman–Crippen LogP) is 5.60. The van der Waals surface area contributed by atoms with Gasteiger partial charge in [-0.05, 0) is 100.0 Å². The monoisotopic (exact) mass is 423 g/mol. The molecule has 2 aliphatic heterocycles. The van der Waals surface area contributed by atoms with Crippen LogP contribution in [0.15, 0.2) is 22.8 Å². The van der Waals surface area contributed by atoms with Crippen molar-refractivity contribution in [2.24, 2.45) is 35.0 Å². The van der Waals surface area contributed by atoms with E-state index in [-0.39, 0.29) is 11.0 Å². The zero-order valence-electron chi connectivity index (χ0n) is 20.0. The Labute approximate surface area is 188 Å². The molecule has 6 aliphatic rings. The van der Waals surface area contributed by atoms with Crippen molar-refractivity contribution in [1.82, 2.24) is 5.32 Å². The van der Waals surface area contributed by atoms with E-state index in [1.54, 1.807) is 11.1 Å². The number of carbonyl (C=O) groups is 1. The van der Waals surface area contributed by atoms with Crippen molar-refractivity contribution in [3.8, 4) is 0 Å². The lowest BCUT2D eigenvalue weighted by molar-refractivity contribution is -0.116. The topological polar surface area (TPSA) is 38.3 Å². The van der Waals surface area contributed by atoms with Gasteiger partial charge in [0.1, 0.15) is 0 Å². The Morgan fingerprint density at radius 2 is 2.00 bits per heavy atom. The van der Waals surface area contributed by atoms with Crippen LogP contribution in [0.2, 0.25) is 0 Å². The Kier molecular flexibility index (Phi) is 4.69. The van der Waals surface area contributed by atoms with Gasteiger partial charge in [-0.1, -0.05) is 37.5 Å². The number of ketones is 1. The summed E-state index contributed by atoms with van der Waals surface area (Å²) in [4.78, 5) is 12.1.